The van der Waals surface area contributed by atoms with Crippen molar-refractivity contribution in [3.8, 4) is 0 Å². The Morgan fingerprint density at radius 2 is 2.08 bits per heavy atom. The molecule has 1 aromatic carbocycles. The fourth-order valence-corrected chi connectivity index (χ4v) is 3.38. The maximum Gasteiger partial charge on any atom is 0.191 e. The van der Waals surface area contributed by atoms with Crippen molar-refractivity contribution in [1.82, 2.24) is 25.5 Å². The largest absolute Gasteiger partial charge is 0.354 e. The molecule has 26 heavy (non-hydrogen) atoms. The van der Waals surface area contributed by atoms with E-state index >= 15 is 0 Å². The van der Waals surface area contributed by atoms with Gasteiger partial charge in [0.15, 0.2) is 5.96 Å². The summed E-state index contributed by atoms with van der Waals surface area (Å²) in [6, 6.07) is 7.39. The zero-order valence-corrected chi connectivity index (χ0v) is 18.5. The van der Waals surface area contributed by atoms with E-state index in [0.29, 0.717) is 18.6 Å². The van der Waals surface area contributed by atoms with Crippen molar-refractivity contribution in [2.45, 2.75) is 52.2 Å². The van der Waals surface area contributed by atoms with E-state index in [1.165, 1.54) is 5.56 Å². The number of aromatic nitrogens is 2. The van der Waals surface area contributed by atoms with Crippen molar-refractivity contribution in [2.75, 3.05) is 20.1 Å². The molecule has 1 aliphatic rings. The molecule has 0 saturated carbocycles. The van der Waals surface area contributed by atoms with E-state index in [1.54, 1.807) is 0 Å². The molecule has 6 nitrogen and oxygen atoms in total. The summed E-state index contributed by atoms with van der Waals surface area (Å²) in [5.74, 6) is 1.78. The Bertz CT molecular complexity index is 731. The summed E-state index contributed by atoms with van der Waals surface area (Å²) in [7, 11) is 1.82. The molecule has 1 saturated heterocycles. The molecule has 2 aromatic rings. The average molecular weight is 470 g/mol. The highest BCUT2D eigenvalue weighted by Gasteiger charge is 2.21. The van der Waals surface area contributed by atoms with Crippen LogP contribution in [0.15, 0.2) is 23.2 Å². The van der Waals surface area contributed by atoms with Gasteiger partial charge in [-0.05, 0) is 51.3 Å². The molecule has 0 bridgehead atoms. The minimum absolute atomic E-state index is 0. The number of H-pyrrole nitrogens is 1. The van der Waals surface area contributed by atoms with Gasteiger partial charge in [-0.1, -0.05) is 6.07 Å². The summed E-state index contributed by atoms with van der Waals surface area (Å²) in [5, 5.41) is 6.92. The van der Waals surface area contributed by atoms with Crippen molar-refractivity contribution in [3.63, 3.8) is 0 Å². The van der Waals surface area contributed by atoms with E-state index in [0.717, 1.165) is 48.7 Å². The molecule has 2 heterocycles. The topological polar surface area (TPSA) is 68.3 Å². The van der Waals surface area contributed by atoms with Gasteiger partial charge in [-0.15, -0.1) is 24.0 Å². The Kier molecular flexibility index (Phi) is 7.69. The number of likely N-dealkylation sites (tertiary alicyclic amines) is 1. The number of aliphatic imine (C=N–C) groups is 1. The first kappa shape index (κ1) is 21.0. The lowest BCUT2D eigenvalue weighted by atomic mass is 10.0. The number of hydrogen-bond acceptors (Lipinski definition) is 3. The third kappa shape index (κ3) is 5.33. The second kappa shape index (κ2) is 9.55. The molecule has 1 aromatic heterocycles. The Hall–Kier alpha value is -1.35. The van der Waals surface area contributed by atoms with Gasteiger partial charge in [0, 0.05) is 32.2 Å². The molecule has 3 N–H and O–H groups in total. The summed E-state index contributed by atoms with van der Waals surface area (Å²) in [6.07, 6.45) is 2.31. The van der Waals surface area contributed by atoms with Crippen molar-refractivity contribution in [3.05, 3.63) is 29.6 Å². The van der Waals surface area contributed by atoms with Gasteiger partial charge in [0.25, 0.3) is 0 Å². The molecule has 3 rings (SSSR count). The Labute approximate surface area is 173 Å². The molecular weight excluding hydrogens is 439 g/mol. The van der Waals surface area contributed by atoms with Gasteiger partial charge >= 0.3 is 0 Å². The minimum Gasteiger partial charge on any atom is -0.354 e. The summed E-state index contributed by atoms with van der Waals surface area (Å²) < 4.78 is 0. The predicted molar refractivity (Wildman–Crippen MR) is 119 cm³/mol. The van der Waals surface area contributed by atoms with Gasteiger partial charge in [0.1, 0.15) is 5.82 Å². The monoisotopic (exact) mass is 470 g/mol. The third-order valence-corrected chi connectivity index (χ3v) is 4.93. The van der Waals surface area contributed by atoms with E-state index in [-0.39, 0.29) is 24.0 Å². The standard InChI is InChI=1S/C19H30N6.HI/c1-13(2)25-9-7-15(8-10-25)22-19(20-4)21-12-18-23-16-6-5-14(3)11-17(16)24-18;/h5-6,11,13,15H,7-10,12H2,1-4H3,(H,23,24)(H2,20,21,22);1H. The lowest BCUT2D eigenvalue weighted by molar-refractivity contribution is 0.167. The van der Waals surface area contributed by atoms with Crippen molar-refractivity contribution >= 4 is 41.0 Å². The SMILES string of the molecule is CN=C(NCc1nc2ccc(C)cc2[nH]1)NC1CCN(C(C)C)CC1.I. The zero-order chi connectivity index (χ0) is 17.8. The number of fused-ring (bicyclic) bond motifs is 1. The Morgan fingerprint density at radius 1 is 1.35 bits per heavy atom. The number of imidazole rings is 1. The van der Waals surface area contributed by atoms with Crippen LogP contribution in [0.1, 0.15) is 38.1 Å². The summed E-state index contributed by atoms with van der Waals surface area (Å²) in [5.41, 5.74) is 3.33. The fraction of sp³-hybridized carbons (Fsp3) is 0.579. The molecule has 1 aliphatic heterocycles. The molecule has 1 fully saturated rings. The van der Waals surface area contributed by atoms with Crippen molar-refractivity contribution < 1.29 is 0 Å². The van der Waals surface area contributed by atoms with Gasteiger partial charge in [-0.25, -0.2) is 4.98 Å². The van der Waals surface area contributed by atoms with E-state index in [1.807, 2.05) is 7.05 Å². The number of guanidine groups is 1. The maximum absolute atomic E-state index is 4.63. The first-order chi connectivity index (χ1) is 12.0. The number of rotatable bonds is 4. The summed E-state index contributed by atoms with van der Waals surface area (Å²) in [6.45, 7) is 9.56. The number of hydrogen-bond donors (Lipinski definition) is 3. The lowest BCUT2D eigenvalue weighted by Gasteiger charge is -2.35. The van der Waals surface area contributed by atoms with Crippen LogP contribution in [0, 0.1) is 6.92 Å². The Morgan fingerprint density at radius 3 is 2.73 bits per heavy atom. The molecule has 0 spiro atoms. The number of nitrogens with zero attached hydrogens (tertiary/aromatic N) is 3. The summed E-state index contributed by atoms with van der Waals surface area (Å²) in [4.78, 5) is 14.9. The first-order valence-corrected chi connectivity index (χ1v) is 9.21. The predicted octanol–water partition coefficient (Wildman–Crippen LogP) is 3.03. The highest BCUT2D eigenvalue weighted by atomic mass is 127. The van der Waals surface area contributed by atoms with Crippen LogP contribution >= 0.6 is 24.0 Å². The van der Waals surface area contributed by atoms with Crippen molar-refractivity contribution in [1.29, 1.82) is 0 Å². The lowest BCUT2D eigenvalue weighted by Crippen LogP contribution is -2.49. The van der Waals surface area contributed by atoms with E-state index in [2.05, 4.69) is 69.5 Å². The molecular formula is C19H31IN6. The van der Waals surface area contributed by atoms with Gasteiger partial charge in [-0.2, -0.15) is 0 Å². The van der Waals surface area contributed by atoms with Crippen LogP contribution in [-0.2, 0) is 6.54 Å². The van der Waals surface area contributed by atoms with Gasteiger partial charge in [0.05, 0.1) is 17.6 Å². The normalized spacial score (nSPS) is 16.7. The molecule has 0 atom stereocenters. The van der Waals surface area contributed by atoms with Crippen molar-refractivity contribution in [2.24, 2.45) is 4.99 Å². The average Bonchev–Trinajstić information content (AvgIpc) is 3.00. The van der Waals surface area contributed by atoms with E-state index in [4.69, 9.17) is 0 Å². The van der Waals surface area contributed by atoms with E-state index in [9.17, 15) is 0 Å². The Balaban J connectivity index is 0.00000243. The van der Waals surface area contributed by atoms with E-state index < -0.39 is 0 Å². The number of piperidine rings is 1. The van der Waals surface area contributed by atoms with Crippen LogP contribution in [0.5, 0.6) is 0 Å². The molecule has 0 radical (unpaired) electrons. The van der Waals surface area contributed by atoms with Crippen LogP contribution < -0.4 is 10.6 Å². The number of nitrogens with one attached hydrogen (secondary N) is 3. The zero-order valence-electron chi connectivity index (χ0n) is 16.2. The minimum atomic E-state index is 0. The smallest absolute Gasteiger partial charge is 0.191 e. The second-order valence-electron chi connectivity index (χ2n) is 7.18. The first-order valence-electron chi connectivity index (χ1n) is 9.21. The molecule has 0 aliphatic carbocycles. The van der Waals surface area contributed by atoms with Crippen LogP contribution in [0.4, 0.5) is 0 Å². The fourth-order valence-electron chi connectivity index (χ4n) is 3.38. The van der Waals surface area contributed by atoms with Crippen LogP contribution in [0.2, 0.25) is 0 Å². The molecule has 144 valence electrons. The van der Waals surface area contributed by atoms with Gasteiger partial charge in [0.2, 0.25) is 0 Å². The number of aromatic amines is 1. The second-order valence-corrected chi connectivity index (χ2v) is 7.18. The summed E-state index contributed by atoms with van der Waals surface area (Å²) >= 11 is 0. The van der Waals surface area contributed by atoms with Gasteiger partial charge in [-0.3, -0.25) is 4.99 Å². The van der Waals surface area contributed by atoms with Crippen LogP contribution in [-0.4, -0.2) is 53.0 Å². The van der Waals surface area contributed by atoms with Crippen LogP contribution in [0.25, 0.3) is 11.0 Å². The number of aryl methyl sites for hydroxylation is 1. The molecule has 0 amide bonds. The highest BCUT2D eigenvalue weighted by molar-refractivity contribution is 14.0. The number of halogens is 1. The molecule has 7 heteroatoms. The number of benzene rings is 1. The third-order valence-electron chi connectivity index (χ3n) is 4.93. The molecule has 0 unspecified atom stereocenters. The van der Waals surface area contributed by atoms with Crippen LogP contribution in [0.3, 0.4) is 0 Å². The maximum atomic E-state index is 4.63. The van der Waals surface area contributed by atoms with Gasteiger partial charge < -0.3 is 20.5 Å². The highest BCUT2D eigenvalue weighted by Crippen LogP contribution is 2.14. The quantitative estimate of drug-likeness (QED) is 0.365.